The molecule has 1 saturated heterocycles. The van der Waals surface area contributed by atoms with Gasteiger partial charge in [0.25, 0.3) is 0 Å². The van der Waals surface area contributed by atoms with E-state index < -0.39 is 5.91 Å². The van der Waals surface area contributed by atoms with E-state index in [1.807, 2.05) is 59.2 Å². The Kier molecular flexibility index (Phi) is 5.14. The van der Waals surface area contributed by atoms with Gasteiger partial charge in [-0.2, -0.15) is 0 Å². The van der Waals surface area contributed by atoms with E-state index in [4.69, 9.17) is 5.73 Å². The summed E-state index contributed by atoms with van der Waals surface area (Å²) in [5, 5.41) is 0. The zero-order valence-corrected chi connectivity index (χ0v) is 14.4. The van der Waals surface area contributed by atoms with Crippen LogP contribution in [0.2, 0.25) is 0 Å². The molecule has 0 unspecified atom stereocenters. The van der Waals surface area contributed by atoms with Crippen molar-refractivity contribution in [1.82, 2.24) is 4.90 Å². The second kappa shape index (κ2) is 7.49. The molecule has 1 fully saturated rings. The lowest BCUT2D eigenvalue weighted by molar-refractivity contribution is -0.125. The highest BCUT2D eigenvalue weighted by Crippen LogP contribution is 2.22. The van der Waals surface area contributed by atoms with Crippen LogP contribution in [0.3, 0.4) is 0 Å². The van der Waals surface area contributed by atoms with Crippen molar-refractivity contribution in [2.45, 2.75) is 19.4 Å². The number of rotatable bonds is 5. The molecule has 2 aromatic carbocycles. The minimum atomic E-state index is -0.408. The predicted molar refractivity (Wildman–Crippen MR) is 98.2 cm³/mol. The Hall–Kier alpha value is -2.66. The summed E-state index contributed by atoms with van der Waals surface area (Å²) in [5.41, 5.74) is 8.61. The monoisotopic (exact) mass is 337 g/mol. The molecule has 2 N–H and O–H groups in total. The predicted octanol–water partition coefficient (Wildman–Crippen LogP) is 1.74. The van der Waals surface area contributed by atoms with Crippen molar-refractivity contribution in [3.8, 4) is 0 Å². The van der Waals surface area contributed by atoms with Crippen LogP contribution in [-0.2, 0) is 16.0 Å². The molecule has 0 aromatic heterocycles. The van der Waals surface area contributed by atoms with Gasteiger partial charge in [-0.15, -0.1) is 0 Å². The number of nitrogens with zero attached hydrogens (tertiary/aromatic N) is 2. The second-order valence-electron chi connectivity index (χ2n) is 6.55. The number of benzene rings is 2. The van der Waals surface area contributed by atoms with Crippen molar-refractivity contribution in [2.24, 2.45) is 5.73 Å². The fourth-order valence-corrected chi connectivity index (χ4v) is 3.26. The summed E-state index contributed by atoms with van der Waals surface area (Å²) in [7, 11) is 0. The van der Waals surface area contributed by atoms with Gasteiger partial charge in [-0.05, 0) is 31.0 Å². The van der Waals surface area contributed by atoms with Crippen LogP contribution >= 0.6 is 0 Å². The van der Waals surface area contributed by atoms with E-state index >= 15 is 0 Å². The molecule has 0 spiro atoms. The number of piperazine rings is 1. The van der Waals surface area contributed by atoms with Crippen LogP contribution in [-0.4, -0.2) is 42.4 Å². The molecular formula is C20H23N3O2. The second-order valence-corrected chi connectivity index (χ2v) is 6.55. The van der Waals surface area contributed by atoms with Gasteiger partial charge in [0.2, 0.25) is 11.8 Å². The van der Waals surface area contributed by atoms with Gasteiger partial charge in [-0.3, -0.25) is 14.5 Å². The molecule has 1 heterocycles. The average molecular weight is 337 g/mol. The zero-order valence-electron chi connectivity index (χ0n) is 14.4. The molecule has 1 aliphatic rings. The van der Waals surface area contributed by atoms with E-state index in [1.54, 1.807) is 0 Å². The molecule has 5 heteroatoms. The molecule has 0 aliphatic carbocycles. The van der Waals surface area contributed by atoms with Gasteiger partial charge in [0, 0.05) is 18.3 Å². The topological polar surface area (TPSA) is 66.6 Å². The molecule has 0 saturated carbocycles. The molecule has 2 amide bonds. The Bertz CT molecular complexity index is 743. The number of hydrogen-bond acceptors (Lipinski definition) is 3. The first-order valence-electron chi connectivity index (χ1n) is 8.46. The Morgan fingerprint density at radius 2 is 1.80 bits per heavy atom. The van der Waals surface area contributed by atoms with Crippen LogP contribution in [0.25, 0.3) is 0 Å². The third kappa shape index (κ3) is 4.25. The van der Waals surface area contributed by atoms with Crippen LogP contribution in [0.5, 0.6) is 0 Å². The lowest BCUT2D eigenvalue weighted by atomic mass is 10.0. The van der Waals surface area contributed by atoms with Crippen molar-refractivity contribution in [1.29, 1.82) is 0 Å². The van der Waals surface area contributed by atoms with Gasteiger partial charge < -0.3 is 10.6 Å². The standard InChI is InChI=1S/C20H23N3O2/c1-15-7-9-17(10-8-15)23-12-18(11-16-5-3-2-4-6-16)22(13-19(21)24)14-20(23)25/h2-10,18H,11-14H2,1H3,(H2,21,24)/t18-/m0/s1. The SMILES string of the molecule is Cc1ccc(N2C[C@H](Cc3ccccc3)N(CC(N)=O)CC2=O)cc1. The van der Waals surface area contributed by atoms with Crippen LogP contribution in [0.1, 0.15) is 11.1 Å². The Balaban J connectivity index is 1.83. The number of anilines is 1. The summed E-state index contributed by atoms with van der Waals surface area (Å²) in [4.78, 5) is 27.7. The van der Waals surface area contributed by atoms with Gasteiger partial charge in [-0.1, -0.05) is 48.0 Å². The highest BCUT2D eigenvalue weighted by atomic mass is 16.2. The first-order valence-corrected chi connectivity index (χ1v) is 8.46. The number of carbonyl (C=O) groups is 2. The minimum Gasteiger partial charge on any atom is -0.369 e. The smallest absolute Gasteiger partial charge is 0.241 e. The summed E-state index contributed by atoms with van der Waals surface area (Å²) in [5.74, 6) is -0.413. The molecule has 0 radical (unpaired) electrons. The van der Waals surface area contributed by atoms with Crippen LogP contribution < -0.4 is 10.6 Å². The lowest BCUT2D eigenvalue weighted by Gasteiger charge is -2.40. The molecule has 1 atom stereocenters. The molecule has 3 rings (SSSR count). The van der Waals surface area contributed by atoms with E-state index in [-0.39, 0.29) is 25.0 Å². The van der Waals surface area contributed by atoms with Crippen LogP contribution in [0, 0.1) is 6.92 Å². The third-order valence-corrected chi connectivity index (χ3v) is 4.57. The van der Waals surface area contributed by atoms with Crippen LogP contribution in [0.15, 0.2) is 54.6 Å². The maximum atomic E-state index is 12.6. The van der Waals surface area contributed by atoms with Gasteiger partial charge in [0.1, 0.15) is 0 Å². The van der Waals surface area contributed by atoms with Crippen molar-refractivity contribution in [3.63, 3.8) is 0 Å². The van der Waals surface area contributed by atoms with Gasteiger partial charge in [-0.25, -0.2) is 0 Å². The lowest BCUT2D eigenvalue weighted by Crippen LogP contribution is -2.58. The molecule has 130 valence electrons. The van der Waals surface area contributed by atoms with Gasteiger partial charge in [0.15, 0.2) is 0 Å². The number of amides is 2. The quantitative estimate of drug-likeness (QED) is 0.904. The number of nitrogens with two attached hydrogens (primary N) is 1. The normalized spacial score (nSPS) is 18.4. The molecule has 5 nitrogen and oxygen atoms in total. The van der Waals surface area contributed by atoms with Crippen molar-refractivity contribution >= 4 is 17.5 Å². The molecule has 0 bridgehead atoms. The summed E-state index contributed by atoms with van der Waals surface area (Å²) < 4.78 is 0. The van der Waals surface area contributed by atoms with E-state index in [0.29, 0.717) is 6.54 Å². The fourth-order valence-electron chi connectivity index (χ4n) is 3.26. The first kappa shape index (κ1) is 17.2. The largest absolute Gasteiger partial charge is 0.369 e. The summed E-state index contributed by atoms with van der Waals surface area (Å²) in [6.45, 7) is 2.87. The summed E-state index contributed by atoms with van der Waals surface area (Å²) in [6.07, 6.45) is 0.768. The van der Waals surface area contributed by atoms with Crippen LogP contribution in [0.4, 0.5) is 5.69 Å². The zero-order chi connectivity index (χ0) is 17.8. The van der Waals surface area contributed by atoms with E-state index in [1.165, 1.54) is 5.56 Å². The molecule has 25 heavy (non-hydrogen) atoms. The number of aryl methyl sites for hydroxylation is 1. The summed E-state index contributed by atoms with van der Waals surface area (Å²) >= 11 is 0. The maximum absolute atomic E-state index is 12.6. The Morgan fingerprint density at radius 3 is 2.44 bits per heavy atom. The average Bonchev–Trinajstić information content (AvgIpc) is 2.58. The molecular weight excluding hydrogens is 314 g/mol. The number of hydrogen-bond donors (Lipinski definition) is 1. The highest BCUT2D eigenvalue weighted by molar-refractivity contribution is 5.96. The fraction of sp³-hybridized carbons (Fsp3) is 0.300. The van der Waals surface area contributed by atoms with Crippen molar-refractivity contribution in [2.75, 3.05) is 24.5 Å². The molecule has 2 aromatic rings. The van der Waals surface area contributed by atoms with Gasteiger partial charge >= 0.3 is 0 Å². The third-order valence-electron chi connectivity index (χ3n) is 4.57. The Labute approximate surface area is 148 Å². The van der Waals surface area contributed by atoms with Gasteiger partial charge in [0.05, 0.1) is 13.1 Å². The summed E-state index contributed by atoms with van der Waals surface area (Å²) in [6, 6.07) is 18.1. The Morgan fingerprint density at radius 1 is 1.12 bits per heavy atom. The highest BCUT2D eigenvalue weighted by Gasteiger charge is 2.33. The van der Waals surface area contributed by atoms with Crippen molar-refractivity contribution < 1.29 is 9.59 Å². The van der Waals surface area contributed by atoms with E-state index in [2.05, 4.69) is 12.1 Å². The first-order chi connectivity index (χ1) is 12.0. The van der Waals surface area contributed by atoms with Crippen molar-refractivity contribution in [3.05, 3.63) is 65.7 Å². The number of carbonyl (C=O) groups excluding carboxylic acids is 2. The number of primary amides is 1. The maximum Gasteiger partial charge on any atom is 0.241 e. The minimum absolute atomic E-state index is 0.00517. The van der Waals surface area contributed by atoms with E-state index in [0.717, 1.165) is 17.7 Å². The van der Waals surface area contributed by atoms with E-state index in [9.17, 15) is 9.59 Å². The molecule has 1 aliphatic heterocycles.